The highest BCUT2D eigenvalue weighted by Crippen LogP contribution is 2.43. The van der Waals surface area contributed by atoms with Crippen LogP contribution in [0.5, 0.6) is 17.2 Å². The normalized spacial score (nSPS) is 9.94. The number of pyridine rings is 1. The van der Waals surface area contributed by atoms with Crippen molar-refractivity contribution in [1.82, 2.24) is 4.98 Å². The summed E-state index contributed by atoms with van der Waals surface area (Å²) in [6, 6.07) is 9.47. The van der Waals surface area contributed by atoms with Crippen LogP contribution in [0.25, 0.3) is 11.3 Å². The fraction of sp³-hybridized carbons (Fsp3) is 0.214. The van der Waals surface area contributed by atoms with Crippen LogP contribution in [0.1, 0.15) is 0 Å². The fourth-order valence-corrected chi connectivity index (χ4v) is 1.83. The molecule has 0 bridgehead atoms. The van der Waals surface area contributed by atoms with E-state index in [2.05, 4.69) is 4.98 Å². The van der Waals surface area contributed by atoms with E-state index in [0.29, 0.717) is 17.2 Å². The number of hydrogen-bond donors (Lipinski definition) is 0. The molecule has 0 aliphatic heterocycles. The van der Waals surface area contributed by atoms with E-state index in [1.807, 2.05) is 30.3 Å². The Morgan fingerprint density at radius 1 is 0.833 bits per heavy atom. The third-order valence-corrected chi connectivity index (χ3v) is 2.65. The molecule has 0 aliphatic carbocycles. The molecular weight excluding hydrogens is 230 g/mol. The molecule has 4 heteroatoms. The van der Waals surface area contributed by atoms with Gasteiger partial charge in [0.1, 0.15) is 0 Å². The van der Waals surface area contributed by atoms with Crippen molar-refractivity contribution in [3.63, 3.8) is 0 Å². The van der Waals surface area contributed by atoms with Gasteiger partial charge in [-0.3, -0.25) is 4.98 Å². The summed E-state index contributed by atoms with van der Waals surface area (Å²) in [6.07, 6.45) is 1.74. The lowest BCUT2D eigenvalue weighted by Crippen LogP contribution is -1.97. The molecule has 1 heterocycles. The standard InChI is InChI=1S/C14H15NO3/c1-16-12-8-7-10(11-6-4-5-9-15-11)13(17-2)14(12)18-3/h4-9H,1-3H3. The second-order valence-corrected chi connectivity index (χ2v) is 3.60. The van der Waals surface area contributed by atoms with E-state index >= 15 is 0 Å². The van der Waals surface area contributed by atoms with Gasteiger partial charge in [0, 0.05) is 11.8 Å². The number of benzene rings is 1. The first-order chi connectivity index (χ1) is 8.81. The second kappa shape index (κ2) is 5.40. The van der Waals surface area contributed by atoms with Gasteiger partial charge in [0.05, 0.1) is 27.0 Å². The summed E-state index contributed by atoms with van der Waals surface area (Å²) in [5.41, 5.74) is 1.70. The molecular formula is C14H15NO3. The smallest absolute Gasteiger partial charge is 0.203 e. The van der Waals surface area contributed by atoms with E-state index in [1.165, 1.54) is 0 Å². The highest BCUT2D eigenvalue weighted by atomic mass is 16.5. The monoisotopic (exact) mass is 245 g/mol. The van der Waals surface area contributed by atoms with Crippen LogP contribution in [0.15, 0.2) is 36.5 Å². The Hall–Kier alpha value is -2.23. The Labute approximate surface area is 106 Å². The van der Waals surface area contributed by atoms with E-state index in [9.17, 15) is 0 Å². The van der Waals surface area contributed by atoms with E-state index in [0.717, 1.165) is 11.3 Å². The molecule has 0 aliphatic rings. The minimum atomic E-state index is 0.572. The summed E-state index contributed by atoms with van der Waals surface area (Å²) in [5, 5.41) is 0. The van der Waals surface area contributed by atoms with Crippen LogP contribution < -0.4 is 14.2 Å². The number of nitrogens with zero attached hydrogens (tertiary/aromatic N) is 1. The third kappa shape index (κ3) is 2.09. The molecule has 18 heavy (non-hydrogen) atoms. The topological polar surface area (TPSA) is 40.6 Å². The first-order valence-electron chi connectivity index (χ1n) is 5.52. The molecule has 0 amide bonds. The molecule has 0 unspecified atom stereocenters. The van der Waals surface area contributed by atoms with Crippen molar-refractivity contribution in [1.29, 1.82) is 0 Å². The minimum Gasteiger partial charge on any atom is -0.493 e. The summed E-state index contributed by atoms with van der Waals surface area (Å²) in [6.45, 7) is 0. The zero-order valence-corrected chi connectivity index (χ0v) is 10.6. The highest BCUT2D eigenvalue weighted by molar-refractivity contribution is 5.74. The zero-order valence-electron chi connectivity index (χ0n) is 10.6. The lowest BCUT2D eigenvalue weighted by Gasteiger charge is -2.15. The number of hydrogen-bond acceptors (Lipinski definition) is 4. The third-order valence-electron chi connectivity index (χ3n) is 2.65. The Morgan fingerprint density at radius 2 is 1.61 bits per heavy atom. The van der Waals surface area contributed by atoms with Gasteiger partial charge in [-0.05, 0) is 24.3 Å². The van der Waals surface area contributed by atoms with Crippen molar-refractivity contribution in [2.24, 2.45) is 0 Å². The van der Waals surface area contributed by atoms with E-state index in [1.54, 1.807) is 27.5 Å². The number of aromatic nitrogens is 1. The Balaban J connectivity index is 2.62. The van der Waals surface area contributed by atoms with Gasteiger partial charge in [-0.1, -0.05) is 6.07 Å². The molecule has 2 rings (SSSR count). The molecule has 0 saturated carbocycles. The molecule has 1 aromatic heterocycles. The summed E-state index contributed by atoms with van der Waals surface area (Å²) >= 11 is 0. The van der Waals surface area contributed by atoms with Crippen molar-refractivity contribution in [2.45, 2.75) is 0 Å². The van der Waals surface area contributed by atoms with Crippen LogP contribution in [-0.4, -0.2) is 26.3 Å². The first kappa shape index (κ1) is 12.2. The summed E-state index contributed by atoms with van der Waals surface area (Å²) in [4.78, 5) is 4.31. The SMILES string of the molecule is COc1ccc(-c2ccccn2)c(OC)c1OC. The van der Waals surface area contributed by atoms with Crippen LogP contribution >= 0.6 is 0 Å². The van der Waals surface area contributed by atoms with Crippen LogP contribution in [-0.2, 0) is 0 Å². The second-order valence-electron chi connectivity index (χ2n) is 3.60. The van der Waals surface area contributed by atoms with Gasteiger partial charge in [-0.15, -0.1) is 0 Å². The average molecular weight is 245 g/mol. The zero-order chi connectivity index (χ0) is 13.0. The van der Waals surface area contributed by atoms with E-state index < -0.39 is 0 Å². The van der Waals surface area contributed by atoms with Crippen molar-refractivity contribution in [2.75, 3.05) is 21.3 Å². The molecule has 0 spiro atoms. The van der Waals surface area contributed by atoms with Crippen molar-refractivity contribution >= 4 is 0 Å². The van der Waals surface area contributed by atoms with E-state index in [-0.39, 0.29) is 0 Å². The lowest BCUT2D eigenvalue weighted by molar-refractivity contribution is 0.325. The molecule has 4 nitrogen and oxygen atoms in total. The Morgan fingerprint density at radius 3 is 2.17 bits per heavy atom. The number of methoxy groups -OCH3 is 3. The molecule has 0 saturated heterocycles. The average Bonchev–Trinajstić information content (AvgIpc) is 2.46. The molecule has 0 N–H and O–H groups in total. The Kier molecular flexibility index (Phi) is 3.67. The largest absolute Gasteiger partial charge is 0.493 e. The van der Waals surface area contributed by atoms with Gasteiger partial charge in [0.25, 0.3) is 0 Å². The Bertz CT molecular complexity index is 526. The quantitative estimate of drug-likeness (QED) is 0.830. The molecule has 1 aromatic carbocycles. The highest BCUT2D eigenvalue weighted by Gasteiger charge is 2.17. The molecule has 0 atom stereocenters. The summed E-state index contributed by atoms with van der Waals surface area (Å²) in [7, 11) is 4.78. The van der Waals surface area contributed by atoms with Crippen LogP contribution in [0, 0.1) is 0 Å². The molecule has 0 fully saturated rings. The minimum absolute atomic E-state index is 0.572. The lowest BCUT2D eigenvalue weighted by atomic mass is 10.1. The maximum atomic E-state index is 5.42. The molecule has 94 valence electrons. The maximum Gasteiger partial charge on any atom is 0.203 e. The summed E-state index contributed by atoms with van der Waals surface area (Å²) in [5.74, 6) is 1.83. The fourth-order valence-electron chi connectivity index (χ4n) is 1.83. The van der Waals surface area contributed by atoms with E-state index in [4.69, 9.17) is 14.2 Å². The summed E-state index contributed by atoms with van der Waals surface area (Å²) < 4.78 is 16.0. The molecule has 0 radical (unpaired) electrons. The van der Waals surface area contributed by atoms with Crippen molar-refractivity contribution in [3.05, 3.63) is 36.5 Å². The van der Waals surface area contributed by atoms with Gasteiger partial charge >= 0.3 is 0 Å². The first-order valence-corrected chi connectivity index (χ1v) is 5.52. The van der Waals surface area contributed by atoms with Crippen LogP contribution in [0.3, 0.4) is 0 Å². The van der Waals surface area contributed by atoms with Gasteiger partial charge < -0.3 is 14.2 Å². The van der Waals surface area contributed by atoms with Crippen molar-refractivity contribution in [3.8, 4) is 28.5 Å². The van der Waals surface area contributed by atoms with Gasteiger partial charge in [-0.25, -0.2) is 0 Å². The van der Waals surface area contributed by atoms with Crippen LogP contribution in [0.4, 0.5) is 0 Å². The van der Waals surface area contributed by atoms with Gasteiger partial charge in [0.15, 0.2) is 11.5 Å². The van der Waals surface area contributed by atoms with Gasteiger partial charge in [-0.2, -0.15) is 0 Å². The number of rotatable bonds is 4. The predicted octanol–water partition coefficient (Wildman–Crippen LogP) is 2.77. The predicted molar refractivity (Wildman–Crippen MR) is 69.3 cm³/mol. The van der Waals surface area contributed by atoms with Gasteiger partial charge in [0.2, 0.25) is 5.75 Å². The maximum absolute atomic E-state index is 5.42. The number of ether oxygens (including phenoxy) is 3. The molecule has 2 aromatic rings. The van der Waals surface area contributed by atoms with Crippen LogP contribution in [0.2, 0.25) is 0 Å². The van der Waals surface area contributed by atoms with Crippen molar-refractivity contribution < 1.29 is 14.2 Å².